The van der Waals surface area contributed by atoms with E-state index in [2.05, 4.69) is 4.98 Å². The van der Waals surface area contributed by atoms with E-state index in [1.54, 1.807) is 18.2 Å². The molecular formula is C12H7ClN2O2. The summed E-state index contributed by atoms with van der Waals surface area (Å²) in [6.07, 6.45) is 0. The van der Waals surface area contributed by atoms with Gasteiger partial charge in [0.05, 0.1) is 5.69 Å². The molecule has 0 saturated heterocycles. The topological polar surface area (TPSA) is 69.1 Å². The lowest BCUT2D eigenvalue weighted by Crippen LogP contribution is -2.08. The Kier molecular flexibility index (Phi) is 2.06. The van der Waals surface area contributed by atoms with Gasteiger partial charge in [-0.15, -0.1) is 0 Å². The third kappa shape index (κ3) is 1.62. The fraction of sp³-hybridized carbons (Fsp3) is 0. The van der Waals surface area contributed by atoms with Gasteiger partial charge in [-0.1, -0.05) is 11.6 Å². The zero-order valence-corrected chi connectivity index (χ0v) is 9.36. The lowest BCUT2D eigenvalue weighted by Gasteiger charge is -2.06. The Morgan fingerprint density at radius 1 is 1.24 bits per heavy atom. The first-order valence-corrected chi connectivity index (χ1v) is 5.31. The second-order valence-electron chi connectivity index (χ2n) is 3.68. The second kappa shape index (κ2) is 3.46. The first-order valence-electron chi connectivity index (χ1n) is 4.93. The number of nitrogens with zero attached hydrogens (tertiary/aromatic N) is 1. The first kappa shape index (κ1) is 10.1. The highest BCUT2D eigenvalue weighted by atomic mass is 35.5. The summed E-state index contributed by atoms with van der Waals surface area (Å²) in [5.41, 5.74) is 7.18. The van der Waals surface area contributed by atoms with Crippen molar-refractivity contribution < 1.29 is 4.42 Å². The summed E-state index contributed by atoms with van der Waals surface area (Å²) in [5, 5.41) is 0.556. The number of aromatic nitrogens is 1. The molecule has 4 nitrogen and oxygen atoms in total. The van der Waals surface area contributed by atoms with E-state index >= 15 is 0 Å². The Bertz CT molecular complexity index is 751. The Morgan fingerprint density at radius 2 is 2.06 bits per heavy atom. The van der Waals surface area contributed by atoms with Crippen molar-refractivity contribution in [2.24, 2.45) is 0 Å². The SMILES string of the molecule is Nc1cc2nc3ccc(Cl)cc3oc-2cc1=O. The van der Waals surface area contributed by atoms with Gasteiger partial charge in [0, 0.05) is 17.2 Å². The predicted molar refractivity (Wildman–Crippen MR) is 66.3 cm³/mol. The molecule has 0 amide bonds. The highest BCUT2D eigenvalue weighted by Gasteiger charge is 2.11. The summed E-state index contributed by atoms with van der Waals surface area (Å²) in [7, 11) is 0. The number of anilines is 1. The van der Waals surface area contributed by atoms with Crippen molar-refractivity contribution in [3.8, 4) is 11.5 Å². The highest BCUT2D eigenvalue weighted by molar-refractivity contribution is 6.31. The highest BCUT2D eigenvalue weighted by Crippen LogP contribution is 2.26. The third-order valence-electron chi connectivity index (χ3n) is 2.47. The Morgan fingerprint density at radius 3 is 2.88 bits per heavy atom. The minimum absolute atomic E-state index is 0.161. The van der Waals surface area contributed by atoms with Crippen LogP contribution in [0.15, 0.2) is 39.5 Å². The summed E-state index contributed by atoms with van der Waals surface area (Å²) in [5.74, 6) is 0.402. The Labute approximate surface area is 101 Å². The van der Waals surface area contributed by atoms with Crippen molar-refractivity contribution in [3.05, 3.63) is 45.6 Å². The van der Waals surface area contributed by atoms with Crippen LogP contribution in [0.25, 0.3) is 22.6 Å². The molecule has 1 aliphatic carbocycles. The van der Waals surface area contributed by atoms with Crippen LogP contribution in [0, 0.1) is 0 Å². The van der Waals surface area contributed by atoms with Crippen LogP contribution >= 0.6 is 11.6 Å². The Hall–Kier alpha value is -2.07. The van der Waals surface area contributed by atoms with Gasteiger partial charge >= 0.3 is 0 Å². The maximum Gasteiger partial charge on any atom is 0.205 e. The maximum absolute atomic E-state index is 11.4. The fourth-order valence-electron chi connectivity index (χ4n) is 1.65. The number of hydrogen-bond acceptors (Lipinski definition) is 4. The van der Waals surface area contributed by atoms with Gasteiger partial charge in [-0.3, -0.25) is 4.79 Å². The van der Waals surface area contributed by atoms with Crippen molar-refractivity contribution >= 4 is 28.4 Å². The molecule has 5 heteroatoms. The van der Waals surface area contributed by atoms with Gasteiger partial charge in [-0.05, 0) is 18.2 Å². The van der Waals surface area contributed by atoms with Gasteiger partial charge in [-0.2, -0.15) is 0 Å². The van der Waals surface area contributed by atoms with Crippen LogP contribution in [0.5, 0.6) is 0 Å². The monoisotopic (exact) mass is 246 g/mol. The molecule has 2 aliphatic rings. The van der Waals surface area contributed by atoms with Crippen LogP contribution in [0.2, 0.25) is 5.02 Å². The van der Waals surface area contributed by atoms with Gasteiger partial charge in [0.1, 0.15) is 11.2 Å². The normalized spacial score (nSPS) is 11.1. The number of rotatable bonds is 0. The Balaban J connectivity index is 2.45. The lowest BCUT2D eigenvalue weighted by atomic mass is 10.2. The molecule has 84 valence electrons. The summed E-state index contributed by atoms with van der Waals surface area (Å²) in [4.78, 5) is 15.7. The predicted octanol–water partition coefficient (Wildman–Crippen LogP) is 2.53. The lowest BCUT2D eigenvalue weighted by molar-refractivity contribution is 0.612. The second-order valence-corrected chi connectivity index (χ2v) is 4.12. The molecule has 0 saturated carbocycles. The van der Waals surface area contributed by atoms with Crippen molar-refractivity contribution in [3.63, 3.8) is 0 Å². The van der Waals surface area contributed by atoms with Gasteiger partial charge in [0.2, 0.25) is 5.43 Å². The smallest absolute Gasteiger partial charge is 0.205 e. The molecule has 0 spiro atoms. The van der Waals surface area contributed by atoms with Gasteiger partial charge < -0.3 is 10.2 Å². The maximum atomic E-state index is 11.4. The molecule has 1 aliphatic heterocycles. The molecule has 0 radical (unpaired) electrons. The average Bonchev–Trinajstić information content (AvgIpc) is 2.28. The van der Waals surface area contributed by atoms with Crippen molar-refractivity contribution in [1.29, 1.82) is 0 Å². The summed E-state index contributed by atoms with van der Waals surface area (Å²) < 4.78 is 5.56. The fourth-order valence-corrected chi connectivity index (χ4v) is 1.81. The molecule has 17 heavy (non-hydrogen) atoms. The average molecular weight is 247 g/mol. The van der Waals surface area contributed by atoms with Crippen molar-refractivity contribution in [2.45, 2.75) is 0 Å². The number of fused-ring (bicyclic) bond motifs is 2. The van der Waals surface area contributed by atoms with Crippen LogP contribution in [0.4, 0.5) is 5.69 Å². The third-order valence-corrected chi connectivity index (χ3v) is 2.71. The van der Waals surface area contributed by atoms with Crippen LogP contribution in [0.3, 0.4) is 0 Å². The molecule has 1 aromatic rings. The van der Waals surface area contributed by atoms with E-state index in [9.17, 15) is 4.79 Å². The van der Waals surface area contributed by atoms with E-state index in [0.717, 1.165) is 0 Å². The molecule has 0 unspecified atom stereocenters. The molecule has 0 atom stereocenters. The molecule has 0 fully saturated rings. The number of nitrogens with two attached hydrogens (primary N) is 1. The first-order chi connectivity index (χ1) is 8.13. The molecule has 0 bridgehead atoms. The molecule has 2 N–H and O–H groups in total. The minimum atomic E-state index is -0.274. The van der Waals surface area contributed by atoms with Crippen molar-refractivity contribution in [1.82, 2.24) is 4.98 Å². The molecule has 0 aromatic heterocycles. The zero-order chi connectivity index (χ0) is 12.0. The van der Waals surface area contributed by atoms with Crippen LogP contribution in [0.1, 0.15) is 0 Å². The summed E-state index contributed by atoms with van der Waals surface area (Å²) >= 11 is 5.86. The zero-order valence-electron chi connectivity index (χ0n) is 8.61. The largest absolute Gasteiger partial charge is 0.453 e. The van der Waals surface area contributed by atoms with Crippen molar-refractivity contribution in [2.75, 3.05) is 5.73 Å². The van der Waals surface area contributed by atoms with E-state index in [-0.39, 0.29) is 11.1 Å². The van der Waals surface area contributed by atoms with Gasteiger partial charge in [-0.25, -0.2) is 4.98 Å². The van der Waals surface area contributed by atoms with E-state index in [1.165, 1.54) is 12.1 Å². The van der Waals surface area contributed by atoms with E-state index in [0.29, 0.717) is 27.6 Å². The minimum Gasteiger partial charge on any atom is -0.453 e. The summed E-state index contributed by atoms with van der Waals surface area (Å²) in [6, 6.07) is 7.98. The van der Waals surface area contributed by atoms with Crippen LogP contribution < -0.4 is 11.2 Å². The number of hydrogen-bond donors (Lipinski definition) is 1. The van der Waals surface area contributed by atoms with E-state index in [1.807, 2.05) is 0 Å². The van der Waals surface area contributed by atoms with Crippen LogP contribution in [-0.2, 0) is 0 Å². The quantitative estimate of drug-likeness (QED) is 0.489. The van der Waals surface area contributed by atoms with E-state index < -0.39 is 0 Å². The number of nitrogen functional groups attached to an aromatic ring is 1. The number of halogens is 1. The molecule has 1 aromatic carbocycles. The molecule has 3 rings (SSSR count). The summed E-state index contributed by atoms with van der Waals surface area (Å²) in [6.45, 7) is 0. The number of benzene rings is 2. The standard InChI is InChI=1S/C12H7ClN2O2/c13-6-1-2-8-11(3-6)17-12-5-10(16)7(14)4-9(12)15-8/h1-5H,14H2. The van der Waals surface area contributed by atoms with Gasteiger partial charge in [0.25, 0.3) is 0 Å². The van der Waals surface area contributed by atoms with Crippen LogP contribution in [-0.4, -0.2) is 4.98 Å². The molecule has 1 heterocycles. The molecular weight excluding hydrogens is 240 g/mol. The van der Waals surface area contributed by atoms with Gasteiger partial charge in [0.15, 0.2) is 11.3 Å². The van der Waals surface area contributed by atoms with E-state index in [4.69, 9.17) is 21.8 Å².